The van der Waals surface area contributed by atoms with Gasteiger partial charge in [0.1, 0.15) is 0 Å². The molecular weight excluding hydrogens is 156 g/mol. The van der Waals surface area contributed by atoms with Crippen LogP contribution in [0.5, 0.6) is 0 Å². The summed E-state index contributed by atoms with van der Waals surface area (Å²) in [7, 11) is 0. The fraction of sp³-hybridized carbons (Fsp3) is 0.375. The standard InChI is InChI=1S/C8H12N2O2/c1-8(9,5-11)6-2-3-10-7(12)4-6/h2-4,11H,5,9H2,1H3,(H,10,12)/t8-/m1/s1. The molecule has 0 unspecified atom stereocenters. The summed E-state index contributed by atoms with van der Waals surface area (Å²) in [5.74, 6) is 0. The molecule has 0 fully saturated rings. The number of hydrogen-bond donors (Lipinski definition) is 3. The Hall–Kier alpha value is -1.13. The molecule has 0 aromatic carbocycles. The summed E-state index contributed by atoms with van der Waals surface area (Å²) >= 11 is 0. The summed E-state index contributed by atoms with van der Waals surface area (Å²) in [5, 5.41) is 8.90. The molecule has 0 spiro atoms. The first-order valence-electron chi connectivity index (χ1n) is 3.65. The molecule has 1 aromatic rings. The predicted molar refractivity (Wildman–Crippen MR) is 45.7 cm³/mol. The normalized spacial score (nSPS) is 15.6. The Morgan fingerprint density at radius 1 is 1.75 bits per heavy atom. The molecule has 1 atom stereocenters. The second-order valence-electron chi connectivity index (χ2n) is 3.02. The molecule has 0 aliphatic rings. The number of aliphatic hydroxyl groups is 1. The zero-order valence-electron chi connectivity index (χ0n) is 6.87. The van der Waals surface area contributed by atoms with Crippen LogP contribution in [0, 0.1) is 0 Å². The molecule has 0 bridgehead atoms. The summed E-state index contributed by atoms with van der Waals surface area (Å²) in [4.78, 5) is 13.3. The van der Waals surface area contributed by atoms with Gasteiger partial charge in [0.2, 0.25) is 5.56 Å². The number of aromatic amines is 1. The van der Waals surface area contributed by atoms with Crippen LogP contribution in [0.3, 0.4) is 0 Å². The monoisotopic (exact) mass is 168 g/mol. The molecule has 4 N–H and O–H groups in total. The van der Waals surface area contributed by atoms with Gasteiger partial charge < -0.3 is 15.8 Å². The molecule has 0 saturated heterocycles. The molecule has 66 valence electrons. The Labute approximate surface area is 70.0 Å². The lowest BCUT2D eigenvalue weighted by molar-refractivity contribution is 0.210. The highest BCUT2D eigenvalue weighted by Crippen LogP contribution is 2.13. The van der Waals surface area contributed by atoms with Crippen LogP contribution >= 0.6 is 0 Å². The minimum Gasteiger partial charge on any atom is -0.394 e. The molecule has 0 aliphatic carbocycles. The van der Waals surface area contributed by atoms with Gasteiger partial charge in [-0.15, -0.1) is 0 Å². The molecule has 1 rings (SSSR count). The first-order valence-corrected chi connectivity index (χ1v) is 3.65. The van der Waals surface area contributed by atoms with Crippen molar-refractivity contribution in [3.63, 3.8) is 0 Å². The fourth-order valence-corrected chi connectivity index (χ4v) is 0.891. The third kappa shape index (κ3) is 1.72. The average Bonchev–Trinajstić information content (AvgIpc) is 2.05. The molecule has 12 heavy (non-hydrogen) atoms. The van der Waals surface area contributed by atoms with Gasteiger partial charge in [0.05, 0.1) is 12.1 Å². The Bertz CT molecular complexity index is 317. The third-order valence-corrected chi connectivity index (χ3v) is 1.76. The predicted octanol–water partition coefficient (Wildman–Crippen LogP) is -0.459. The minimum absolute atomic E-state index is 0.184. The molecule has 1 aromatic heterocycles. The van der Waals surface area contributed by atoms with Crippen molar-refractivity contribution < 1.29 is 5.11 Å². The number of nitrogens with two attached hydrogens (primary N) is 1. The van der Waals surface area contributed by atoms with Gasteiger partial charge in [0.25, 0.3) is 0 Å². The maximum Gasteiger partial charge on any atom is 0.248 e. The van der Waals surface area contributed by atoms with E-state index < -0.39 is 5.54 Å². The zero-order valence-corrected chi connectivity index (χ0v) is 6.87. The van der Waals surface area contributed by atoms with Crippen LogP contribution in [0.15, 0.2) is 23.1 Å². The van der Waals surface area contributed by atoms with Gasteiger partial charge in [0.15, 0.2) is 0 Å². The van der Waals surface area contributed by atoms with E-state index in [0.29, 0.717) is 5.56 Å². The van der Waals surface area contributed by atoms with E-state index >= 15 is 0 Å². The van der Waals surface area contributed by atoms with E-state index in [9.17, 15) is 4.79 Å². The second kappa shape index (κ2) is 3.08. The zero-order chi connectivity index (χ0) is 9.19. The number of H-pyrrole nitrogens is 1. The van der Waals surface area contributed by atoms with Gasteiger partial charge >= 0.3 is 0 Å². The van der Waals surface area contributed by atoms with E-state index in [0.717, 1.165) is 0 Å². The van der Waals surface area contributed by atoms with E-state index in [-0.39, 0.29) is 12.2 Å². The minimum atomic E-state index is -0.839. The summed E-state index contributed by atoms with van der Waals surface area (Å²) in [6.07, 6.45) is 1.51. The van der Waals surface area contributed by atoms with Gasteiger partial charge in [-0.2, -0.15) is 0 Å². The van der Waals surface area contributed by atoms with Crippen LogP contribution in [0.25, 0.3) is 0 Å². The van der Waals surface area contributed by atoms with Crippen LogP contribution in [0.1, 0.15) is 12.5 Å². The van der Waals surface area contributed by atoms with Crippen molar-refractivity contribution in [2.45, 2.75) is 12.5 Å². The number of aliphatic hydroxyl groups excluding tert-OH is 1. The SMILES string of the molecule is C[C@@](N)(CO)c1cc[nH]c(=O)c1. The van der Waals surface area contributed by atoms with E-state index in [4.69, 9.17) is 10.8 Å². The highest BCUT2D eigenvalue weighted by molar-refractivity contribution is 5.19. The summed E-state index contributed by atoms with van der Waals surface area (Å²) in [6.45, 7) is 1.48. The van der Waals surface area contributed by atoms with Crippen molar-refractivity contribution in [1.82, 2.24) is 4.98 Å². The topological polar surface area (TPSA) is 79.1 Å². The highest BCUT2D eigenvalue weighted by Gasteiger charge is 2.19. The van der Waals surface area contributed by atoms with Crippen LogP contribution in [-0.2, 0) is 5.54 Å². The van der Waals surface area contributed by atoms with Crippen molar-refractivity contribution >= 4 is 0 Å². The van der Waals surface area contributed by atoms with Crippen LogP contribution in [0.4, 0.5) is 0 Å². The van der Waals surface area contributed by atoms with Gasteiger partial charge in [-0.05, 0) is 18.6 Å². The van der Waals surface area contributed by atoms with Crippen molar-refractivity contribution in [3.05, 3.63) is 34.2 Å². The Kier molecular flexibility index (Phi) is 2.30. The molecule has 0 amide bonds. The lowest BCUT2D eigenvalue weighted by Gasteiger charge is -2.21. The largest absolute Gasteiger partial charge is 0.394 e. The molecule has 0 aliphatic heterocycles. The lowest BCUT2D eigenvalue weighted by atomic mass is 9.95. The van der Waals surface area contributed by atoms with Crippen LogP contribution < -0.4 is 11.3 Å². The second-order valence-corrected chi connectivity index (χ2v) is 3.02. The first-order chi connectivity index (χ1) is 5.56. The molecule has 0 saturated carbocycles. The van der Waals surface area contributed by atoms with Crippen molar-refractivity contribution in [1.29, 1.82) is 0 Å². The Morgan fingerprint density at radius 3 is 2.92 bits per heavy atom. The number of aromatic nitrogens is 1. The smallest absolute Gasteiger partial charge is 0.248 e. The fourth-order valence-electron chi connectivity index (χ4n) is 0.891. The van der Waals surface area contributed by atoms with E-state index in [1.165, 1.54) is 12.3 Å². The number of rotatable bonds is 2. The van der Waals surface area contributed by atoms with Gasteiger partial charge in [-0.1, -0.05) is 0 Å². The van der Waals surface area contributed by atoms with E-state index in [1.54, 1.807) is 13.0 Å². The van der Waals surface area contributed by atoms with Gasteiger partial charge in [-0.25, -0.2) is 0 Å². The summed E-state index contributed by atoms with van der Waals surface area (Å²) < 4.78 is 0. The van der Waals surface area contributed by atoms with Gasteiger partial charge in [-0.3, -0.25) is 4.79 Å². The van der Waals surface area contributed by atoms with E-state index in [1.807, 2.05) is 0 Å². The quantitative estimate of drug-likeness (QED) is 0.559. The van der Waals surface area contributed by atoms with E-state index in [2.05, 4.69) is 4.98 Å². The maximum atomic E-state index is 10.9. The lowest BCUT2D eigenvalue weighted by Crippen LogP contribution is -2.37. The molecule has 4 heteroatoms. The number of nitrogens with one attached hydrogen (secondary N) is 1. The van der Waals surface area contributed by atoms with Crippen molar-refractivity contribution in [2.75, 3.05) is 6.61 Å². The van der Waals surface area contributed by atoms with Crippen molar-refractivity contribution in [2.24, 2.45) is 5.73 Å². The Morgan fingerprint density at radius 2 is 2.42 bits per heavy atom. The highest BCUT2D eigenvalue weighted by atomic mass is 16.3. The third-order valence-electron chi connectivity index (χ3n) is 1.76. The molecular formula is C8H12N2O2. The molecule has 4 nitrogen and oxygen atoms in total. The maximum absolute atomic E-state index is 10.9. The summed E-state index contributed by atoms with van der Waals surface area (Å²) in [6, 6.07) is 3.06. The van der Waals surface area contributed by atoms with Crippen LogP contribution in [-0.4, -0.2) is 16.7 Å². The van der Waals surface area contributed by atoms with Gasteiger partial charge in [0, 0.05) is 12.3 Å². The van der Waals surface area contributed by atoms with Crippen molar-refractivity contribution in [3.8, 4) is 0 Å². The average molecular weight is 168 g/mol. The number of hydrogen-bond acceptors (Lipinski definition) is 3. The first kappa shape index (κ1) is 8.96. The number of pyridine rings is 1. The van der Waals surface area contributed by atoms with Crippen LogP contribution in [0.2, 0.25) is 0 Å². The summed E-state index contributed by atoms with van der Waals surface area (Å²) in [5.41, 5.74) is 5.29. The molecule has 0 radical (unpaired) electrons. The Balaban J connectivity index is 3.11. The molecule has 1 heterocycles.